The molecule has 5 heteroatoms. The fourth-order valence-electron chi connectivity index (χ4n) is 2.54. The molecule has 3 rings (SSSR count). The first-order valence-electron chi connectivity index (χ1n) is 6.19. The predicted octanol–water partition coefficient (Wildman–Crippen LogP) is 2.42. The first kappa shape index (κ1) is 12.2. The van der Waals surface area contributed by atoms with Gasteiger partial charge in [0, 0.05) is 36.9 Å². The molecule has 2 heterocycles. The van der Waals surface area contributed by atoms with Crippen LogP contribution in [0.4, 0.5) is 4.39 Å². The third-order valence-electron chi connectivity index (χ3n) is 3.44. The molecule has 0 bridgehead atoms. The lowest BCUT2D eigenvalue weighted by Gasteiger charge is -2.29. The van der Waals surface area contributed by atoms with Crippen molar-refractivity contribution in [3.8, 4) is 5.75 Å². The van der Waals surface area contributed by atoms with E-state index in [1.54, 1.807) is 10.7 Å². The molecule has 0 amide bonds. The highest BCUT2D eigenvalue weighted by Gasteiger charge is 2.30. The molecule has 1 unspecified atom stereocenters. The summed E-state index contributed by atoms with van der Waals surface area (Å²) in [5, 5.41) is 14.4. The Morgan fingerprint density at radius 2 is 2.21 bits per heavy atom. The predicted molar refractivity (Wildman–Crippen MR) is 67.3 cm³/mol. The summed E-state index contributed by atoms with van der Waals surface area (Å²) in [5.74, 6) is 0.0431. The summed E-state index contributed by atoms with van der Waals surface area (Å²) in [6.07, 6.45) is 1.38. The molecule has 2 atom stereocenters. The van der Waals surface area contributed by atoms with Gasteiger partial charge in [0.2, 0.25) is 0 Å². The largest absolute Gasteiger partial charge is 0.485 e. The molecule has 0 aliphatic carbocycles. The minimum absolute atomic E-state index is 0.294. The number of aromatic nitrogens is 2. The standard InChI is InChI=1S/C14H15FN2O2/c1-8-11(7-17(2)16-8)14-6-12(18)10-4-3-9(15)5-13(10)19-14/h3-5,7,12,14,18H,6H2,1-2H3/t12-,14?/m1/s1. The van der Waals surface area contributed by atoms with Gasteiger partial charge >= 0.3 is 0 Å². The second kappa shape index (κ2) is 4.35. The van der Waals surface area contributed by atoms with Crippen LogP contribution in [0.3, 0.4) is 0 Å². The zero-order valence-electron chi connectivity index (χ0n) is 10.8. The van der Waals surface area contributed by atoms with Crippen molar-refractivity contribution in [1.29, 1.82) is 0 Å². The van der Waals surface area contributed by atoms with Crippen molar-refractivity contribution in [3.05, 3.63) is 47.0 Å². The third-order valence-corrected chi connectivity index (χ3v) is 3.44. The van der Waals surface area contributed by atoms with E-state index in [9.17, 15) is 9.50 Å². The minimum Gasteiger partial charge on any atom is -0.485 e. The summed E-state index contributed by atoms with van der Waals surface area (Å²) >= 11 is 0. The van der Waals surface area contributed by atoms with Gasteiger partial charge in [0.1, 0.15) is 17.7 Å². The smallest absolute Gasteiger partial charge is 0.130 e. The van der Waals surface area contributed by atoms with Gasteiger partial charge in [0.05, 0.1) is 11.8 Å². The van der Waals surface area contributed by atoms with Crippen LogP contribution in [0, 0.1) is 12.7 Å². The number of fused-ring (bicyclic) bond motifs is 1. The van der Waals surface area contributed by atoms with Crippen LogP contribution in [0.5, 0.6) is 5.75 Å². The summed E-state index contributed by atoms with van der Waals surface area (Å²) in [5.41, 5.74) is 2.43. The normalized spacial score (nSPS) is 21.9. The number of nitrogens with zero attached hydrogens (tertiary/aromatic N) is 2. The van der Waals surface area contributed by atoms with E-state index >= 15 is 0 Å². The maximum Gasteiger partial charge on any atom is 0.130 e. The molecule has 100 valence electrons. The minimum atomic E-state index is -0.644. The number of aliphatic hydroxyl groups is 1. The van der Waals surface area contributed by atoms with Crippen LogP contribution in [-0.2, 0) is 7.05 Å². The summed E-state index contributed by atoms with van der Waals surface area (Å²) in [4.78, 5) is 0. The highest BCUT2D eigenvalue weighted by Crippen LogP contribution is 2.41. The summed E-state index contributed by atoms with van der Waals surface area (Å²) in [6, 6.07) is 4.22. The van der Waals surface area contributed by atoms with E-state index in [4.69, 9.17) is 4.74 Å². The maximum absolute atomic E-state index is 13.3. The highest BCUT2D eigenvalue weighted by molar-refractivity contribution is 5.39. The number of hydrogen-bond acceptors (Lipinski definition) is 3. The number of rotatable bonds is 1. The monoisotopic (exact) mass is 262 g/mol. The van der Waals surface area contributed by atoms with Gasteiger partial charge in [-0.25, -0.2) is 4.39 Å². The average Bonchev–Trinajstić information content (AvgIpc) is 2.67. The SMILES string of the molecule is Cc1nn(C)cc1C1C[C@@H](O)c2ccc(F)cc2O1. The quantitative estimate of drug-likeness (QED) is 0.858. The van der Waals surface area contributed by atoms with Gasteiger partial charge in [-0.05, 0) is 19.1 Å². The summed E-state index contributed by atoms with van der Waals surface area (Å²) in [6.45, 7) is 1.90. The Hall–Kier alpha value is -1.88. The topological polar surface area (TPSA) is 47.3 Å². The Kier molecular flexibility index (Phi) is 2.78. The Morgan fingerprint density at radius 3 is 2.89 bits per heavy atom. The van der Waals surface area contributed by atoms with Crippen LogP contribution in [-0.4, -0.2) is 14.9 Å². The number of benzene rings is 1. The third kappa shape index (κ3) is 2.10. The van der Waals surface area contributed by atoms with Gasteiger partial charge in [-0.2, -0.15) is 5.10 Å². The maximum atomic E-state index is 13.3. The van der Waals surface area contributed by atoms with Crippen molar-refractivity contribution in [3.63, 3.8) is 0 Å². The molecular weight excluding hydrogens is 247 g/mol. The van der Waals surface area contributed by atoms with E-state index in [-0.39, 0.29) is 11.9 Å². The molecule has 1 aromatic carbocycles. The van der Waals surface area contributed by atoms with Crippen molar-refractivity contribution in [2.24, 2.45) is 7.05 Å². The number of ether oxygens (including phenoxy) is 1. The van der Waals surface area contributed by atoms with E-state index in [0.29, 0.717) is 17.7 Å². The van der Waals surface area contributed by atoms with Crippen LogP contribution in [0.25, 0.3) is 0 Å². The van der Waals surface area contributed by atoms with Gasteiger partial charge in [0.15, 0.2) is 0 Å². The highest BCUT2D eigenvalue weighted by atomic mass is 19.1. The van der Waals surface area contributed by atoms with E-state index in [0.717, 1.165) is 11.3 Å². The Balaban J connectivity index is 1.98. The second-order valence-corrected chi connectivity index (χ2v) is 4.88. The molecule has 1 aliphatic rings. The molecule has 19 heavy (non-hydrogen) atoms. The Bertz CT molecular complexity index is 624. The Labute approximate surface area is 110 Å². The van der Waals surface area contributed by atoms with Gasteiger partial charge < -0.3 is 9.84 Å². The van der Waals surface area contributed by atoms with Crippen molar-refractivity contribution in [2.45, 2.75) is 25.6 Å². The molecule has 1 N–H and O–H groups in total. The van der Waals surface area contributed by atoms with Crippen LogP contribution < -0.4 is 4.74 Å². The molecule has 2 aromatic rings. The van der Waals surface area contributed by atoms with Gasteiger partial charge in [-0.15, -0.1) is 0 Å². The van der Waals surface area contributed by atoms with E-state index in [1.165, 1.54) is 12.1 Å². The zero-order chi connectivity index (χ0) is 13.6. The first-order valence-corrected chi connectivity index (χ1v) is 6.19. The molecule has 4 nitrogen and oxygen atoms in total. The lowest BCUT2D eigenvalue weighted by Crippen LogP contribution is -2.19. The number of aryl methyl sites for hydroxylation is 2. The van der Waals surface area contributed by atoms with Crippen molar-refractivity contribution >= 4 is 0 Å². The summed E-state index contributed by atoms with van der Waals surface area (Å²) in [7, 11) is 1.84. The lowest BCUT2D eigenvalue weighted by atomic mass is 9.95. The van der Waals surface area contributed by atoms with Crippen molar-refractivity contribution in [2.75, 3.05) is 0 Å². The molecule has 0 radical (unpaired) electrons. The van der Waals surface area contributed by atoms with Crippen molar-refractivity contribution in [1.82, 2.24) is 9.78 Å². The number of halogens is 1. The molecule has 1 aliphatic heterocycles. The van der Waals surface area contributed by atoms with E-state index in [2.05, 4.69) is 5.10 Å². The molecule has 0 saturated heterocycles. The first-order chi connectivity index (χ1) is 9.04. The average molecular weight is 262 g/mol. The van der Waals surface area contributed by atoms with Crippen LogP contribution in [0.15, 0.2) is 24.4 Å². The van der Waals surface area contributed by atoms with Crippen LogP contribution in [0.2, 0.25) is 0 Å². The molecular formula is C14H15FN2O2. The molecule has 1 aromatic heterocycles. The zero-order valence-corrected chi connectivity index (χ0v) is 10.8. The van der Waals surface area contributed by atoms with E-state index in [1.807, 2.05) is 20.2 Å². The van der Waals surface area contributed by atoms with Crippen LogP contribution in [0.1, 0.15) is 35.4 Å². The molecule has 0 saturated carbocycles. The lowest BCUT2D eigenvalue weighted by molar-refractivity contribution is 0.0650. The van der Waals surface area contributed by atoms with E-state index < -0.39 is 6.10 Å². The van der Waals surface area contributed by atoms with Gasteiger partial charge in [-0.1, -0.05) is 0 Å². The van der Waals surface area contributed by atoms with Gasteiger partial charge in [0.25, 0.3) is 0 Å². The Morgan fingerprint density at radius 1 is 1.42 bits per heavy atom. The fraction of sp³-hybridized carbons (Fsp3) is 0.357. The fourth-order valence-corrected chi connectivity index (χ4v) is 2.54. The number of aliphatic hydroxyl groups excluding tert-OH is 1. The summed E-state index contributed by atoms with van der Waals surface area (Å²) < 4.78 is 20.8. The number of hydrogen-bond donors (Lipinski definition) is 1. The molecule has 0 fully saturated rings. The van der Waals surface area contributed by atoms with Crippen LogP contribution >= 0.6 is 0 Å². The second-order valence-electron chi connectivity index (χ2n) is 4.88. The van der Waals surface area contributed by atoms with Gasteiger partial charge in [-0.3, -0.25) is 4.68 Å². The van der Waals surface area contributed by atoms with Crippen molar-refractivity contribution < 1.29 is 14.2 Å². The molecule has 0 spiro atoms.